The molecule has 2 aromatic carbocycles. The SMILES string of the molecule is CC(=O)Nc1cc(S(=O)(=O)N[C@H](c2ccccc2)C(C)(C)CO)ccc1C. The minimum atomic E-state index is -3.89. The highest BCUT2D eigenvalue weighted by atomic mass is 32.2. The third-order valence-corrected chi connectivity index (χ3v) is 5.85. The predicted octanol–water partition coefficient (Wildman–Crippen LogP) is 2.99. The first-order chi connectivity index (χ1) is 12.6. The Morgan fingerprint density at radius 2 is 1.78 bits per heavy atom. The molecule has 1 amide bonds. The van der Waals surface area contributed by atoms with Gasteiger partial charge < -0.3 is 10.4 Å². The topological polar surface area (TPSA) is 95.5 Å². The van der Waals surface area contributed by atoms with Crippen LogP contribution in [0.15, 0.2) is 53.4 Å². The average Bonchev–Trinajstić information content (AvgIpc) is 2.61. The largest absolute Gasteiger partial charge is 0.396 e. The number of sulfonamides is 1. The molecule has 0 aliphatic rings. The Kier molecular flexibility index (Phi) is 6.41. The van der Waals surface area contributed by atoms with Gasteiger partial charge in [0.25, 0.3) is 0 Å². The van der Waals surface area contributed by atoms with Crippen LogP contribution in [0.25, 0.3) is 0 Å². The van der Waals surface area contributed by atoms with E-state index in [9.17, 15) is 18.3 Å². The Bertz CT molecular complexity index is 909. The van der Waals surface area contributed by atoms with Crippen molar-refractivity contribution in [1.29, 1.82) is 0 Å². The third kappa shape index (κ3) is 5.15. The molecule has 2 rings (SSSR count). The van der Waals surface area contributed by atoms with Gasteiger partial charge >= 0.3 is 0 Å². The third-order valence-electron chi connectivity index (χ3n) is 4.42. The van der Waals surface area contributed by atoms with Gasteiger partial charge in [-0.1, -0.05) is 50.2 Å². The highest BCUT2D eigenvalue weighted by Gasteiger charge is 2.34. The smallest absolute Gasteiger partial charge is 0.241 e. The zero-order valence-corrected chi connectivity index (χ0v) is 16.8. The fourth-order valence-electron chi connectivity index (χ4n) is 2.73. The number of amides is 1. The number of hydrogen-bond acceptors (Lipinski definition) is 4. The lowest BCUT2D eigenvalue weighted by atomic mass is 9.82. The van der Waals surface area contributed by atoms with E-state index in [1.165, 1.54) is 19.1 Å². The van der Waals surface area contributed by atoms with Gasteiger partial charge in [0.1, 0.15) is 0 Å². The molecule has 0 saturated heterocycles. The van der Waals surface area contributed by atoms with Crippen LogP contribution in [0.4, 0.5) is 5.69 Å². The second-order valence-electron chi connectivity index (χ2n) is 7.27. The second kappa shape index (κ2) is 8.21. The van der Waals surface area contributed by atoms with Gasteiger partial charge in [0, 0.05) is 18.0 Å². The number of anilines is 1. The molecule has 27 heavy (non-hydrogen) atoms. The Morgan fingerprint density at radius 1 is 1.15 bits per heavy atom. The maximum absolute atomic E-state index is 13.0. The minimum Gasteiger partial charge on any atom is -0.396 e. The van der Waals surface area contributed by atoms with Crippen molar-refractivity contribution < 1.29 is 18.3 Å². The van der Waals surface area contributed by atoms with Gasteiger partial charge in [0.15, 0.2) is 0 Å². The normalized spacial score (nSPS) is 13.2. The van der Waals surface area contributed by atoms with E-state index in [1.54, 1.807) is 26.8 Å². The number of aliphatic hydroxyl groups excluding tert-OH is 1. The van der Waals surface area contributed by atoms with Gasteiger partial charge in [0.2, 0.25) is 15.9 Å². The fourth-order valence-corrected chi connectivity index (χ4v) is 4.15. The lowest BCUT2D eigenvalue weighted by Gasteiger charge is -2.33. The van der Waals surface area contributed by atoms with Crippen LogP contribution in [0.2, 0.25) is 0 Å². The Hall–Kier alpha value is -2.22. The Balaban J connectivity index is 2.44. The molecule has 0 unspecified atom stereocenters. The van der Waals surface area contributed by atoms with Gasteiger partial charge in [-0.15, -0.1) is 0 Å². The van der Waals surface area contributed by atoms with Gasteiger partial charge in [-0.2, -0.15) is 0 Å². The van der Waals surface area contributed by atoms with Gasteiger partial charge in [-0.05, 0) is 30.2 Å². The molecule has 1 atom stereocenters. The first kappa shape index (κ1) is 21.1. The number of aliphatic hydroxyl groups is 1. The molecule has 0 bridgehead atoms. The molecular weight excluding hydrogens is 364 g/mol. The zero-order valence-electron chi connectivity index (χ0n) is 16.0. The van der Waals surface area contributed by atoms with E-state index in [4.69, 9.17) is 0 Å². The van der Waals surface area contributed by atoms with Crippen molar-refractivity contribution in [3.05, 3.63) is 59.7 Å². The van der Waals surface area contributed by atoms with E-state index < -0.39 is 21.5 Å². The summed E-state index contributed by atoms with van der Waals surface area (Å²) in [4.78, 5) is 11.4. The zero-order chi connectivity index (χ0) is 20.2. The summed E-state index contributed by atoms with van der Waals surface area (Å²) in [5.74, 6) is -0.274. The maximum atomic E-state index is 13.0. The Labute approximate surface area is 160 Å². The first-order valence-electron chi connectivity index (χ1n) is 8.63. The molecule has 0 spiro atoms. The van der Waals surface area contributed by atoms with Crippen LogP contribution in [0.1, 0.15) is 37.9 Å². The molecule has 0 radical (unpaired) electrons. The average molecular weight is 391 g/mol. The van der Waals surface area contributed by atoms with Crippen LogP contribution in [0.3, 0.4) is 0 Å². The van der Waals surface area contributed by atoms with E-state index in [0.29, 0.717) is 5.69 Å². The molecule has 0 aromatic heterocycles. The standard InChI is InChI=1S/C20H26N2O4S/c1-14-10-11-17(12-18(14)21-15(2)24)27(25,26)22-19(20(3,4)13-23)16-8-6-5-7-9-16/h5-12,19,22-23H,13H2,1-4H3,(H,21,24)/t19-/m1/s1. The number of benzene rings is 2. The van der Waals surface area contributed by atoms with Gasteiger partial charge in [0.05, 0.1) is 17.5 Å². The van der Waals surface area contributed by atoms with Crippen molar-refractivity contribution in [2.45, 2.75) is 38.6 Å². The van der Waals surface area contributed by atoms with Crippen LogP contribution in [-0.2, 0) is 14.8 Å². The van der Waals surface area contributed by atoms with Gasteiger partial charge in [-0.3, -0.25) is 4.79 Å². The van der Waals surface area contributed by atoms with Crippen LogP contribution >= 0.6 is 0 Å². The summed E-state index contributed by atoms with van der Waals surface area (Å²) >= 11 is 0. The van der Waals surface area contributed by atoms with E-state index >= 15 is 0 Å². The van der Waals surface area contributed by atoms with Crippen LogP contribution in [-0.4, -0.2) is 26.0 Å². The molecule has 0 fully saturated rings. The number of nitrogens with one attached hydrogen (secondary N) is 2. The maximum Gasteiger partial charge on any atom is 0.241 e. The van der Waals surface area contributed by atoms with E-state index in [-0.39, 0.29) is 17.4 Å². The molecule has 6 nitrogen and oxygen atoms in total. The first-order valence-corrected chi connectivity index (χ1v) is 10.1. The van der Waals surface area contributed by atoms with E-state index in [0.717, 1.165) is 11.1 Å². The summed E-state index contributed by atoms with van der Waals surface area (Å²) in [5, 5.41) is 12.4. The second-order valence-corrected chi connectivity index (χ2v) is 8.98. The molecule has 0 heterocycles. The number of carbonyl (C=O) groups is 1. The van der Waals surface area contributed by atoms with Crippen molar-refractivity contribution in [3.8, 4) is 0 Å². The quantitative estimate of drug-likeness (QED) is 0.677. The lowest BCUT2D eigenvalue weighted by Crippen LogP contribution is -2.40. The van der Waals surface area contributed by atoms with Crippen molar-refractivity contribution in [2.75, 3.05) is 11.9 Å². The van der Waals surface area contributed by atoms with Crippen molar-refractivity contribution >= 4 is 21.6 Å². The molecule has 7 heteroatoms. The summed E-state index contributed by atoms with van der Waals surface area (Å²) in [6.45, 7) is 6.56. The number of hydrogen-bond donors (Lipinski definition) is 3. The Morgan fingerprint density at radius 3 is 2.33 bits per heavy atom. The number of rotatable bonds is 7. The molecular formula is C20H26N2O4S. The van der Waals surface area contributed by atoms with E-state index in [2.05, 4.69) is 10.0 Å². The predicted molar refractivity (Wildman–Crippen MR) is 106 cm³/mol. The summed E-state index contributed by atoms with van der Waals surface area (Å²) in [5.41, 5.74) is 1.25. The summed E-state index contributed by atoms with van der Waals surface area (Å²) in [7, 11) is -3.89. The van der Waals surface area contributed by atoms with Crippen LogP contribution in [0.5, 0.6) is 0 Å². The minimum absolute atomic E-state index is 0.0477. The highest BCUT2D eigenvalue weighted by molar-refractivity contribution is 7.89. The van der Waals surface area contributed by atoms with Crippen LogP contribution in [0, 0.1) is 12.3 Å². The summed E-state index contributed by atoms with van der Waals surface area (Å²) in [6, 6.07) is 13.1. The molecule has 146 valence electrons. The van der Waals surface area contributed by atoms with Crippen LogP contribution < -0.4 is 10.0 Å². The molecule has 0 aliphatic heterocycles. The highest BCUT2D eigenvalue weighted by Crippen LogP contribution is 2.34. The lowest BCUT2D eigenvalue weighted by molar-refractivity contribution is -0.114. The van der Waals surface area contributed by atoms with Crippen molar-refractivity contribution in [3.63, 3.8) is 0 Å². The molecule has 0 saturated carbocycles. The molecule has 2 aromatic rings. The van der Waals surface area contributed by atoms with E-state index in [1.807, 2.05) is 30.3 Å². The summed E-state index contributed by atoms with van der Waals surface area (Å²) in [6.07, 6.45) is 0. The van der Waals surface area contributed by atoms with Gasteiger partial charge in [-0.25, -0.2) is 13.1 Å². The fraction of sp³-hybridized carbons (Fsp3) is 0.350. The molecule has 3 N–H and O–H groups in total. The molecule has 0 aliphatic carbocycles. The summed E-state index contributed by atoms with van der Waals surface area (Å²) < 4.78 is 28.8. The van der Waals surface area contributed by atoms with Crippen molar-refractivity contribution in [1.82, 2.24) is 4.72 Å². The monoisotopic (exact) mass is 390 g/mol. The van der Waals surface area contributed by atoms with Crippen molar-refractivity contribution in [2.24, 2.45) is 5.41 Å². The number of aryl methyl sites for hydroxylation is 1. The number of carbonyl (C=O) groups excluding carboxylic acids is 1.